The fourth-order valence-electron chi connectivity index (χ4n) is 3.29. The van der Waals surface area contributed by atoms with Gasteiger partial charge in [0.2, 0.25) is 0 Å². The van der Waals surface area contributed by atoms with Gasteiger partial charge in [0.1, 0.15) is 0 Å². The van der Waals surface area contributed by atoms with E-state index in [1.165, 1.54) is 32.8 Å². The summed E-state index contributed by atoms with van der Waals surface area (Å²) < 4.78 is 4.83. The summed E-state index contributed by atoms with van der Waals surface area (Å²) in [5.41, 5.74) is 0. The summed E-state index contributed by atoms with van der Waals surface area (Å²) in [6.45, 7) is 4.35. The second kappa shape index (κ2) is 5.17. The number of carbonyl (C=O) groups excluding carboxylic acids is 1. The number of esters is 1. The van der Waals surface area contributed by atoms with Crippen LogP contribution in [-0.4, -0.2) is 37.1 Å². The lowest BCUT2D eigenvalue weighted by molar-refractivity contribution is -0.145. The fraction of sp³-hybridized carbons (Fsp3) is 0.923. The van der Waals surface area contributed by atoms with Crippen LogP contribution in [0.3, 0.4) is 0 Å². The number of nitrogens with zero attached hydrogens (tertiary/aromatic N) is 1. The van der Waals surface area contributed by atoms with E-state index in [0.717, 1.165) is 25.4 Å². The van der Waals surface area contributed by atoms with Crippen molar-refractivity contribution in [2.45, 2.75) is 45.1 Å². The minimum absolute atomic E-state index is 0.0223. The summed E-state index contributed by atoms with van der Waals surface area (Å²) in [4.78, 5) is 14.0. The van der Waals surface area contributed by atoms with Crippen molar-refractivity contribution in [3.63, 3.8) is 0 Å². The van der Waals surface area contributed by atoms with Crippen molar-refractivity contribution < 1.29 is 9.53 Å². The number of carbonyl (C=O) groups is 1. The molecule has 0 aromatic rings. The highest BCUT2D eigenvalue weighted by Gasteiger charge is 2.35. The maximum absolute atomic E-state index is 11.5. The van der Waals surface area contributed by atoms with Gasteiger partial charge in [0.15, 0.2) is 0 Å². The molecule has 3 atom stereocenters. The van der Waals surface area contributed by atoms with Crippen molar-refractivity contribution >= 4 is 5.97 Å². The van der Waals surface area contributed by atoms with Gasteiger partial charge in [0.25, 0.3) is 0 Å². The van der Waals surface area contributed by atoms with E-state index >= 15 is 0 Å². The van der Waals surface area contributed by atoms with Gasteiger partial charge in [0, 0.05) is 12.6 Å². The normalized spacial score (nSPS) is 36.2. The maximum atomic E-state index is 11.5. The van der Waals surface area contributed by atoms with Gasteiger partial charge >= 0.3 is 5.97 Å². The van der Waals surface area contributed by atoms with E-state index < -0.39 is 0 Å². The van der Waals surface area contributed by atoms with Gasteiger partial charge in [-0.05, 0) is 31.7 Å². The molecule has 0 N–H and O–H groups in total. The molecule has 16 heavy (non-hydrogen) atoms. The molecule has 1 heterocycles. The topological polar surface area (TPSA) is 29.5 Å². The molecule has 2 aliphatic rings. The molecule has 0 aromatic carbocycles. The first-order valence-electron chi connectivity index (χ1n) is 6.54. The molecule has 3 nitrogen and oxygen atoms in total. The summed E-state index contributed by atoms with van der Waals surface area (Å²) >= 11 is 0. The van der Waals surface area contributed by atoms with Crippen molar-refractivity contribution in [2.75, 3.05) is 20.2 Å². The summed E-state index contributed by atoms with van der Waals surface area (Å²) in [5, 5.41) is 0. The summed E-state index contributed by atoms with van der Waals surface area (Å²) in [5.74, 6) is 0.898. The predicted molar refractivity (Wildman–Crippen MR) is 63.1 cm³/mol. The van der Waals surface area contributed by atoms with E-state index in [0.29, 0.717) is 6.04 Å². The molecule has 1 aliphatic heterocycles. The molecule has 2 fully saturated rings. The third kappa shape index (κ3) is 2.40. The number of likely N-dealkylation sites (tertiary alicyclic amines) is 1. The second-order valence-electron chi connectivity index (χ2n) is 5.33. The van der Waals surface area contributed by atoms with Crippen LogP contribution in [0.1, 0.15) is 39.0 Å². The summed E-state index contributed by atoms with van der Waals surface area (Å²) in [6.07, 6.45) is 6.38. The number of ether oxygens (including phenoxy) is 1. The summed E-state index contributed by atoms with van der Waals surface area (Å²) in [7, 11) is 1.49. The smallest absolute Gasteiger partial charge is 0.310 e. The van der Waals surface area contributed by atoms with Gasteiger partial charge in [0.05, 0.1) is 13.0 Å². The Hall–Kier alpha value is -0.570. The molecule has 1 saturated heterocycles. The summed E-state index contributed by atoms with van der Waals surface area (Å²) in [6, 6.07) is 0.711. The van der Waals surface area contributed by atoms with Gasteiger partial charge < -0.3 is 4.74 Å². The van der Waals surface area contributed by atoms with Gasteiger partial charge in [-0.15, -0.1) is 0 Å². The molecular weight excluding hydrogens is 202 g/mol. The third-order valence-corrected chi connectivity index (χ3v) is 4.29. The predicted octanol–water partition coefficient (Wildman–Crippen LogP) is 2.06. The Morgan fingerprint density at radius 1 is 1.25 bits per heavy atom. The van der Waals surface area contributed by atoms with Gasteiger partial charge in [-0.1, -0.05) is 19.8 Å². The van der Waals surface area contributed by atoms with Crippen molar-refractivity contribution in [2.24, 2.45) is 11.8 Å². The van der Waals surface area contributed by atoms with E-state index in [-0.39, 0.29) is 11.9 Å². The lowest BCUT2D eigenvalue weighted by Crippen LogP contribution is -2.40. The highest BCUT2D eigenvalue weighted by atomic mass is 16.5. The van der Waals surface area contributed by atoms with Crippen LogP contribution < -0.4 is 0 Å². The van der Waals surface area contributed by atoms with Crippen LogP contribution >= 0.6 is 0 Å². The average Bonchev–Trinajstić information content (AvgIpc) is 2.78. The van der Waals surface area contributed by atoms with Gasteiger partial charge in [-0.3, -0.25) is 9.69 Å². The first-order chi connectivity index (χ1) is 7.72. The Kier molecular flexibility index (Phi) is 3.85. The average molecular weight is 225 g/mol. The van der Waals surface area contributed by atoms with Crippen LogP contribution in [0.2, 0.25) is 0 Å². The van der Waals surface area contributed by atoms with Gasteiger partial charge in [-0.2, -0.15) is 0 Å². The first kappa shape index (κ1) is 11.9. The monoisotopic (exact) mass is 225 g/mol. The molecule has 1 aliphatic carbocycles. The molecule has 0 amide bonds. The Bertz CT molecular complexity index is 254. The zero-order chi connectivity index (χ0) is 11.5. The van der Waals surface area contributed by atoms with Gasteiger partial charge in [-0.25, -0.2) is 0 Å². The highest BCUT2D eigenvalue weighted by molar-refractivity contribution is 5.72. The molecule has 0 radical (unpaired) electrons. The zero-order valence-electron chi connectivity index (χ0n) is 10.4. The quantitative estimate of drug-likeness (QED) is 0.674. The number of methoxy groups -OCH3 is 1. The third-order valence-electron chi connectivity index (χ3n) is 4.29. The minimum atomic E-state index is -0.0223. The Labute approximate surface area is 98.1 Å². The molecule has 3 heteroatoms. The maximum Gasteiger partial charge on any atom is 0.310 e. The van der Waals surface area contributed by atoms with Crippen LogP contribution in [0.5, 0.6) is 0 Å². The fourth-order valence-corrected chi connectivity index (χ4v) is 3.29. The van der Waals surface area contributed by atoms with Crippen LogP contribution in [-0.2, 0) is 9.53 Å². The Morgan fingerprint density at radius 3 is 2.69 bits per heavy atom. The number of rotatable bonds is 2. The van der Waals surface area contributed by atoms with Crippen LogP contribution in [0, 0.1) is 11.8 Å². The van der Waals surface area contributed by atoms with E-state index in [4.69, 9.17) is 4.74 Å². The van der Waals surface area contributed by atoms with E-state index in [9.17, 15) is 4.79 Å². The standard InChI is InChI=1S/C13H23NO2/c1-10-5-3-4-6-12(10)14-8-7-11(9-14)13(15)16-2/h10-12H,3-9H2,1-2H3. The van der Waals surface area contributed by atoms with Crippen LogP contribution in [0.4, 0.5) is 0 Å². The Morgan fingerprint density at radius 2 is 2.00 bits per heavy atom. The molecular formula is C13H23NO2. The van der Waals surface area contributed by atoms with Crippen LogP contribution in [0.25, 0.3) is 0 Å². The highest BCUT2D eigenvalue weighted by Crippen LogP contribution is 2.31. The first-order valence-corrected chi connectivity index (χ1v) is 6.54. The zero-order valence-corrected chi connectivity index (χ0v) is 10.4. The SMILES string of the molecule is COC(=O)C1CCN(C2CCCCC2C)C1. The lowest BCUT2D eigenvalue weighted by atomic mass is 9.85. The Balaban J connectivity index is 1.89. The second-order valence-corrected chi connectivity index (χ2v) is 5.33. The molecule has 1 saturated carbocycles. The van der Waals surface area contributed by atoms with Crippen molar-refractivity contribution in [1.29, 1.82) is 0 Å². The number of hydrogen-bond acceptors (Lipinski definition) is 3. The van der Waals surface area contributed by atoms with E-state index in [1.54, 1.807) is 0 Å². The molecule has 3 unspecified atom stereocenters. The lowest BCUT2D eigenvalue weighted by Gasteiger charge is -2.36. The van der Waals surface area contributed by atoms with Crippen molar-refractivity contribution in [1.82, 2.24) is 4.90 Å². The number of hydrogen-bond donors (Lipinski definition) is 0. The van der Waals surface area contributed by atoms with Crippen molar-refractivity contribution in [3.8, 4) is 0 Å². The van der Waals surface area contributed by atoms with E-state index in [2.05, 4.69) is 11.8 Å². The molecule has 92 valence electrons. The van der Waals surface area contributed by atoms with Crippen LogP contribution in [0.15, 0.2) is 0 Å². The minimum Gasteiger partial charge on any atom is -0.469 e. The van der Waals surface area contributed by atoms with E-state index in [1.807, 2.05) is 0 Å². The largest absolute Gasteiger partial charge is 0.469 e. The van der Waals surface area contributed by atoms with Crippen molar-refractivity contribution in [3.05, 3.63) is 0 Å². The molecule has 0 bridgehead atoms. The molecule has 2 rings (SSSR count). The molecule has 0 aromatic heterocycles. The molecule has 0 spiro atoms.